The average molecular weight is 192 g/mol. The predicted octanol–water partition coefficient (Wildman–Crippen LogP) is 0.599. The van der Waals surface area contributed by atoms with Crippen LogP contribution in [-0.4, -0.2) is 56.8 Å². The van der Waals surface area contributed by atoms with E-state index < -0.39 is 0 Å². The van der Waals surface area contributed by atoms with Crippen molar-refractivity contribution in [2.45, 2.75) is 0 Å². The number of quaternary nitrogens is 1. The Labute approximate surface area is 78.7 Å². The monoisotopic (exact) mass is 192 g/mol. The van der Waals surface area contributed by atoms with Crippen LogP contribution in [0, 0.1) is 0 Å². The molecular weight excluding hydrogens is 174 g/mol. The Bertz CT molecular complexity index is 142. The maximum atomic E-state index is 10.7. The van der Waals surface area contributed by atoms with Crippen LogP contribution >= 0.6 is 11.8 Å². The van der Waals surface area contributed by atoms with E-state index in [0.717, 1.165) is 16.8 Å². The molecular formula is C8H18NO2S+. The molecule has 0 fully saturated rings. The Morgan fingerprint density at radius 3 is 2.42 bits per heavy atom. The fourth-order valence-electron chi connectivity index (χ4n) is 0.553. The van der Waals surface area contributed by atoms with Gasteiger partial charge in [0.1, 0.15) is 0 Å². The fraction of sp³-hybridized carbons (Fsp3) is 0.875. The maximum absolute atomic E-state index is 10.7. The molecule has 0 aromatic carbocycles. The number of methoxy groups -OCH3 is 1. The zero-order valence-electron chi connectivity index (χ0n) is 8.29. The van der Waals surface area contributed by atoms with Crippen LogP contribution in [0.4, 0.5) is 0 Å². The highest BCUT2D eigenvalue weighted by Crippen LogP contribution is 2.02. The van der Waals surface area contributed by atoms with Crippen LogP contribution in [0.15, 0.2) is 0 Å². The number of esters is 1. The van der Waals surface area contributed by atoms with Gasteiger partial charge < -0.3 is 9.22 Å². The molecule has 0 bridgehead atoms. The highest BCUT2D eigenvalue weighted by molar-refractivity contribution is 7.99. The third kappa shape index (κ3) is 7.88. The van der Waals surface area contributed by atoms with Gasteiger partial charge in [-0.3, -0.25) is 4.79 Å². The molecule has 0 amide bonds. The molecule has 4 heteroatoms. The number of hydrogen-bond donors (Lipinski definition) is 0. The quantitative estimate of drug-likeness (QED) is 0.362. The van der Waals surface area contributed by atoms with Crippen molar-refractivity contribution >= 4 is 17.7 Å². The molecule has 0 aromatic rings. The van der Waals surface area contributed by atoms with Gasteiger partial charge in [0.25, 0.3) is 0 Å². The van der Waals surface area contributed by atoms with Gasteiger partial charge in [0.2, 0.25) is 0 Å². The summed E-state index contributed by atoms with van der Waals surface area (Å²) in [6.07, 6.45) is 0. The van der Waals surface area contributed by atoms with Crippen LogP contribution in [0.3, 0.4) is 0 Å². The zero-order valence-corrected chi connectivity index (χ0v) is 9.11. The first kappa shape index (κ1) is 11.8. The minimum atomic E-state index is -0.138. The van der Waals surface area contributed by atoms with Gasteiger partial charge in [-0.25, -0.2) is 0 Å². The molecule has 0 heterocycles. The zero-order chi connectivity index (χ0) is 9.61. The minimum Gasteiger partial charge on any atom is -0.468 e. The van der Waals surface area contributed by atoms with Gasteiger partial charge in [-0.15, -0.1) is 11.8 Å². The van der Waals surface area contributed by atoms with Crippen molar-refractivity contribution in [3.63, 3.8) is 0 Å². The predicted molar refractivity (Wildman–Crippen MR) is 52.2 cm³/mol. The molecule has 0 N–H and O–H groups in total. The fourth-order valence-corrected chi connectivity index (χ4v) is 1.66. The van der Waals surface area contributed by atoms with Crippen LogP contribution in [0.2, 0.25) is 0 Å². The van der Waals surface area contributed by atoms with Gasteiger partial charge in [-0.05, 0) is 0 Å². The molecule has 0 saturated carbocycles. The van der Waals surface area contributed by atoms with E-state index in [4.69, 9.17) is 0 Å². The van der Waals surface area contributed by atoms with Gasteiger partial charge in [-0.2, -0.15) is 0 Å². The third-order valence-electron chi connectivity index (χ3n) is 1.35. The molecule has 0 aliphatic carbocycles. The van der Waals surface area contributed by atoms with E-state index in [2.05, 4.69) is 25.9 Å². The first-order valence-electron chi connectivity index (χ1n) is 3.91. The summed E-state index contributed by atoms with van der Waals surface area (Å²) < 4.78 is 5.46. The second-order valence-electron chi connectivity index (χ2n) is 3.64. The lowest BCUT2D eigenvalue weighted by Crippen LogP contribution is -2.36. The van der Waals surface area contributed by atoms with Crippen LogP contribution in [-0.2, 0) is 9.53 Å². The van der Waals surface area contributed by atoms with E-state index in [1.165, 1.54) is 7.11 Å². The van der Waals surface area contributed by atoms with Crippen LogP contribution in [0.5, 0.6) is 0 Å². The first-order valence-corrected chi connectivity index (χ1v) is 5.06. The second kappa shape index (κ2) is 5.43. The van der Waals surface area contributed by atoms with Gasteiger partial charge in [-0.1, -0.05) is 0 Å². The number of thioether (sulfide) groups is 1. The lowest BCUT2D eigenvalue weighted by Gasteiger charge is -2.23. The van der Waals surface area contributed by atoms with Crippen LogP contribution in [0.1, 0.15) is 0 Å². The van der Waals surface area contributed by atoms with Crippen molar-refractivity contribution in [2.24, 2.45) is 0 Å². The molecule has 3 nitrogen and oxygen atoms in total. The molecule has 12 heavy (non-hydrogen) atoms. The van der Waals surface area contributed by atoms with Crippen molar-refractivity contribution in [3.05, 3.63) is 0 Å². The smallest absolute Gasteiger partial charge is 0.315 e. The summed E-state index contributed by atoms with van der Waals surface area (Å²) in [5.41, 5.74) is 0. The van der Waals surface area contributed by atoms with Crippen LogP contribution in [0.25, 0.3) is 0 Å². The molecule has 0 spiro atoms. The molecule has 0 atom stereocenters. The van der Waals surface area contributed by atoms with Crippen LogP contribution < -0.4 is 0 Å². The summed E-state index contributed by atoms with van der Waals surface area (Å²) in [6, 6.07) is 0. The normalized spacial score (nSPS) is 11.3. The molecule has 0 rings (SSSR count). The van der Waals surface area contributed by atoms with Crippen molar-refractivity contribution in [1.82, 2.24) is 0 Å². The summed E-state index contributed by atoms with van der Waals surface area (Å²) in [7, 11) is 7.83. The SMILES string of the molecule is COC(=O)CSCC[N+](C)(C)C. The van der Waals surface area contributed by atoms with E-state index >= 15 is 0 Å². The average Bonchev–Trinajstić information content (AvgIpc) is 1.96. The number of rotatable bonds is 5. The largest absolute Gasteiger partial charge is 0.468 e. The number of carbonyl (C=O) groups is 1. The molecule has 0 saturated heterocycles. The standard InChI is InChI=1S/C8H18NO2S/c1-9(2,3)5-6-12-7-8(10)11-4/h5-7H2,1-4H3/q+1. The molecule has 0 radical (unpaired) electrons. The van der Waals surface area contributed by atoms with Crippen molar-refractivity contribution in [3.8, 4) is 0 Å². The molecule has 0 aliphatic heterocycles. The highest BCUT2D eigenvalue weighted by Gasteiger charge is 2.07. The lowest BCUT2D eigenvalue weighted by atomic mass is 10.6. The van der Waals surface area contributed by atoms with E-state index in [9.17, 15) is 4.79 Å². The minimum absolute atomic E-state index is 0.138. The van der Waals surface area contributed by atoms with E-state index in [-0.39, 0.29) is 5.97 Å². The van der Waals surface area contributed by atoms with E-state index in [0.29, 0.717) is 5.75 Å². The summed E-state index contributed by atoms with van der Waals surface area (Å²) in [5.74, 6) is 1.33. The summed E-state index contributed by atoms with van der Waals surface area (Å²) in [4.78, 5) is 10.7. The Kier molecular flexibility index (Phi) is 5.33. The van der Waals surface area contributed by atoms with Crippen molar-refractivity contribution in [2.75, 3.05) is 46.3 Å². The highest BCUT2D eigenvalue weighted by atomic mass is 32.2. The number of carbonyl (C=O) groups excluding carboxylic acids is 1. The Hall–Kier alpha value is -0.220. The molecule has 0 aliphatic rings. The number of nitrogens with zero attached hydrogens (tertiary/aromatic N) is 1. The Morgan fingerprint density at radius 2 is 2.00 bits per heavy atom. The summed E-state index contributed by atoms with van der Waals surface area (Å²) in [5, 5.41) is 0. The maximum Gasteiger partial charge on any atom is 0.315 e. The van der Waals surface area contributed by atoms with Gasteiger partial charge >= 0.3 is 5.97 Å². The van der Waals surface area contributed by atoms with Gasteiger partial charge in [0.05, 0.1) is 40.6 Å². The Balaban J connectivity index is 3.28. The second-order valence-corrected chi connectivity index (χ2v) is 4.75. The summed E-state index contributed by atoms with van der Waals surface area (Å²) in [6.45, 7) is 1.07. The van der Waals surface area contributed by atoms with E-state index in [1.54, 1.807) is 11.8 Å². The van der Waals surface area contributed by atoms with Crippen molar-refractivity contribution < 1.29 is 14.0 Å². The summed E-state index contributed by atoms with van der Waals surface area (Å²) >= 11 is 1.62. The number of ether oxygens (including phenoxy) is 1. The first-order chi connectivity index (χ1) is 5.45. The molecule has 0 aromatic heterocycles. The molecule has 0 unspecified atom stereocenters. The van der Waals surface area contributed by atoms with E-state index in [1.807, 2.05) is 0 Å². The third-order valence-corrected chi connectivity index (χ3v) is 2.27. The van der Waals surface area contributed by atoms with Gasteiger partial charge in [0.15, 0.2) is 0 Å². The number of hydrogen-bond acceptors (Lipinski definition) is 3. The van der Waals surface area contributed by atoms with Crippen molar-refractivity contribution in [1.29, 1.82) is 0 Å². The lowest BCUT2D eigenvalue weighted by molar-refractivity contribution is -0.867. The van der Waals surface area contributed by atoms with Gasteiger partial charge in [0, 0.05) is 5.75 Å². The Morgan fingerprint density at radius 1 is 1.42 bits per heavy atom. The topological polar surface area (TPSA) is 26.3 Å². The molecule has 72 valence electrons.